The highest BCUT2D eigenvalue weighted by Crippen LogP contribution is 2.24. The van der Waals surface area contributed by atoms with Gasteiger partial charge in [0.1, 0.15) is 11.5 Å². The zero-order valence-electron chi connectivity index (χ0n) is 12.0. The van der Waals surface area contributed by atoms with E-state index in [0.717, 1.165) is 19.4 Å². The minimum Gasteiger partial charge on any atom is -0.508 e. The van der Waals surface area contributed by atoms with Crippen LogP contribution in [-0.2, 0) is 0 Å². The van der Waals surface area contributed by atoms with Gasteiger partial charge in [0, 0.05) is 18.6 Å². The van der Waals surface area contributed by atoms with Crippen molar-refractivity contribution in [3.8, 4) is 11.5 Å². The molecule has 0 aliphatic carbocycles. The second-order valence-electron chi connectivity index (χ2n) is 5.55. The first-order chi connectivity index (χ1) is 9.49. The van der Waals surface area contributed by atoms with Crippen molar-refractivity contribution in [3.63, 3.8) is 0 Å². The molecule has 0 aromatic heterocycles. The molecule has 110 valence electrons. The Morgan fingerprint density at radius 2 is 2.20 bits per heavy atom. The minimum atomic E-state index is -0.248. The van der Waals surface area contributed by atoms with Crippen molar-refractivity contribution in [2.24, 2.45) is 0 Å². The highest BCUT2D eigenvalue weighted by Gasteiger charge is 2.26. The number of nitrogens with zero attached hydrogens (tertiary/aromatic N) is 1. The van der Waals surface area contributed by atoms with Crippen LogP contribution in [0.25, 0.3) is 0 Å². The van der Waals surface area contributed by atoms with Gasteiger partial charge in [0.2, 0.25) is 0 Å². The number of amides is 1. The standard InChI is InChI=1S/C15H22N2O3/c1-10(2)17(9-11-4-3-7-16-11)15(20)13-8-12(18)5-6-14(13)19/h5-6,8,10-11,16,18-19H,3-4,7,9H2,1-2H3. The number of carbonyl (C=O) groups excluding carboxylic acids is 1. The van der Waals surface area contributed by atoms with Gasteiger partial charge in [-0.15, -0.1) is 0 Å². The molecule has 1 aromatic rings. The molecular weight excluding hydrogens is 256 g/mol. The predicted octanol–water partition coefficient (Wildman–Crippen LogP) is 1.70. The van der Waals surface area contributed by atoms with E-state index in [9.17, 15) is 15.0 Å². The average molecular weight is 278 g/mol. The van der Waals surface area contributed by atoms with Crippen LogP contribution in [0.4, 0.5) is 0 Å². The van der Waals surface area contributed by atoms with E-state index in [1.165, 1.54) is 18.2 Å². The fourth-order valence-electron chi connectivity index (χ4n) is 2.53. The first-order valence-electron chi connectivity index (χ1n) is 7.05. The van der Waals surface area contributed by atoms with Crippen LogP contribution in [0.5, 0.6) is 11.5 Å². The Kier molecular flexibility index (Phi) is 4.49. The van der Waals surface area contributed by atoms with Crippen molar-refractivity contribution in [1.82, 2.24) is 10.2 Å². The lowest BCUT2D eigenvalue weighted by Crippen LogP contribution is -2.44. The van der Waals surface area contributed by atoms with E-state index in [4.69, 9.17) is 0 Å². The lowest BCUT2D eigenvalue weighted by molar-refractivity contribution is 0.0685. The van der Waals surface area contributed by atoms with Gasteiger partial charge in [-0.05, 0) is 51.4 Å². The second kappa shape index (κ2) is 6.13. The van der Waals surface area contributed by atoms with Crippen LogP contribution in [0.3, 0.4) is 0 Å². The third-order valence-corrected chi connectivity index (χ3v) is 3.67. The lowest BCUT2D eigenvalue weighted by Gasteiger charge is -2.30. The molecule has 3 N–H and O–H groups in total. The molecule has 1 aliphatic heterocycles. The monoisotopic (exact) mass is 278 g/mol. The number of carbonyl (C=O) groups is 1. The van der Waals surface area contributed by atoms with Gasteiger partial charge in [0.25, 0.3) is 5.91 Å². The summed E-state index contributed by atoms with van der Waals surface area (Å²) in [6, 6.07) is 4.36. The summed E-state index contributed by atoms with van der Waals surface area (Å²) in [6.07, 6.45) is 2.19. The van der Waals surface area contributed by atoms with Gasteiger partial charge in [-0.3, -0.25) is 4.79 Å². The maximum Gasteiger partial charge on any atom is 0.258 e. The topological polar surface area (TPSA) is 72.8 Å². The molecule has 1 saturated heterocycles. The maximum atomic E-state index is 12.6. The van der Waals surface area contributed by atoms with Crippen molar-refractivity contribution in [2.75, 3.05) is 13.1 Å². The number of hydrogen-bond donors (Lipinski definition) is 3. The van der Waals surface area contributed by atoms with Crippen molar-refractivity contribution in [2.45, 2.75) is 38.8 Å². The van der Waals surface area contributed by atoms with Crippen molar-refractivity contribution in [1.29, 1.82) is 0 Å². The largest absolute Gasteiger partial charge is 0.508 e. The third-order valence-electron chi connectivity index (χ3n) is 3.67. The summed E-state index contributed by atoms with van der Waals surface area (Å²) in [5, 5.41) is 22.7. The molecule has 0 spiro atoms. The lowest BCUT2D eigenvalue weighted by atomic mass is 10.1. The fourth-order valence-corrected chi connectivity index (χ4v) is 2.53. The molecule has 0 saturated carbocycles. The minimum absolute atomic E-state index is 0.0196. The van der Waals surface area contributed by atoms with Crippen LogP contribution >= 0.6 is 0 Å². The molecule has 1 fully saturated rings. The Morgan fingerprint density at radius 3 is 2.80 bits per heavy atom. The van der Waals surface area contributed by atoms with Crippen LogP contribution in [0, 0.1) is 0 Å². The second-order valence-corrected chi connectivity index (χ2v) is 5.55. The van der Waals surface area contributed by atoms with E-state index in [1.807, 2.05) is 13.8 Å². The first-order valence-corrected chi connectivity index (χ1v) is 7.05. The van der Waals surface area contributed by atoms with Gasteiger partial charge < -0.3 is 20.4 Å². The highest BCUT2D eigenvalue weighted by molar-refractivity contribution is 5.97. The van der Waals surface area contributed by atoms with Crippen LogP contribution < -0.4 is 5.32 Å². The molecular formula is C15H22N2O3. The molecule has 0 bridgehead atoms. The third kappa shape index (κ3) is 3.22. The summed E-state index contributed by atoms with van der Waals surface area (Å²) in [4.78, 5) is 14.3. The number of benzene rings is 1. The van der Waals surface area contributed by atoms with E-state index in [-0.39, 0.29) is 29.0 Å². The number of rotatable bonds is 4. The van der Waals surface area contributed by atoms with Crippen molar-refractivity contribution < 1.29 is 15.0 Å². The van der Waals surface area contributed by atoms with Crippen molar-refractivity contribution in [3.05, 3.63) is 23.8 Å². The number of phenolic OH excluding ortho intramolecular Hbond substituents is 2. The molecule has 0 radical (unpaired) electrons. The van der Waals surface area contributed by atoms with Crippen LogP contribution in [-0.4, -0.2) is 46.2 Å². The number of nitrogens with one attached hydrogen (secondary N) is 1. The quantitative estimate of drug-likeness (QED) is 0.733. The smallest absolute Gasteiger partial charge is 0.258 e. The summed E-state index contributed by atoms with van der Waals surface area (Å²) in [5.74, 6) is -0.367. The zero-order valence-corrected chi connectivity index (χ0v) is 12.0. The van der Waals surface area contributed by atoms with Crippen LogP contribution in [0.2, 0.25) is 0 Å². The van der Waals surface area contributed by atoms with Crippen LogP contribution in [0.1, 0.15) is 37.0 Å². The van der Waals surface area contributed by atoms with E-state index < -0.39 is 0 Å². The number of aromatic hydroxyl groups is 2. The molecule has 1 unspecified atom stereocenters. The molecule has 5 heteroatoms. The Balaban J connectivity index is 2.19. The van der Waals surface area contributed by atoms with E-state index in [2.05, 4.69) is 5.32 Å². The molecule has 1 aliphatic rings. The van der Waals surface area contributed by atoms with Gasteiger partial charge in [0.05, 0.1) is 5.56 Å². The Labute approximate surface area is 119 Å². The SMILES string of the molecule is CC(C)N(CC1CCCN1)C(=O)c1cc(O)ccc1O. The summed E-state index contributed by atoms with van der Waals surface area (Å²) in [5.41, 5.74) is 0.150. The Morgan fingerprint density at radius 1 is 1.45 bits per heavy atom. The predicted molar refractivity (Wildman–Crippen MR) is 77.0 cm³/mol. The normalized spacial score (nSPS) is 18.4. The summed E-state index contributed by atoms with van der Waals surface area (Å²) in [6.45, 7) is 5.51. The van der Waals surface area contributed by atoms with E-state index >= 15 is 0 Å². The van der Waals surface area contributed by atoms with E-state index in [0.29, 0.717) is 12.6 Å². The number of phenols is 2. The van der Waals surface area contributed by atoms with Gasteiger partial charge in [-0.2, -0.15) is 0 Å². The summed E-state index contributed by atoms with van der Waals surface area (Å²) < 4.78 is 0. The van der Waals surface area contributed by atoms with Gasteiger partial charge >= 0.3 is 0 Å². The Bertz CT molecular complexity index is 482. The summed E-state index contributed by atoms with van der Waals surface area (Å²) >= 11 is 0. The molecule has 1 aromatic carbocycles. The maximum absolute atomic E-state index is 12.6. The van der Waals surface area contributed by atoms with Crippen molar-refractivity contribution >= 4 is 5.91 Å². The van der Waals surface area contributed by atoms with Gasteiger partial charge in [0.15, 0.2) is 0 Å². The average Bonchev–Trinajstić information content (AvgIpc) is 2.90. The highest BCUT2D eigenvalue weighted by atomic mass is 16.3. The molecule has 2 rings (SSSR count). The zero-order chi connectivity index (χ0) is 14.7. The molecule has 1 amide bonds. The Hall–Kier alpha value is -1.75. The van der Waals surface area contributed by atoms with Crippen LogP contribution in [0.15, 0.2) is 18.2 Å². The number of hydrogen-bond acceptors (Lipinski definition) is 4. The van der Waals surface area contributed by atoms with Gasteiger partial charge in [-0.25, -0.2) is 0 Å². The molecule has 1 heterocycles. The molecule has 20 heavy (non-hydrogen) atoms. The van der Waals surface area contributed by atoms with Gasteiger partial charge in [-0.1, -0.05) is 0 Å². The fraction of sp³-hybridized carbons (Fsp3) is 0.533. The first kappa shape index (κ1) is 14.7. The van der Waals surface area contributed by atoms with E-state index in [1.54, 1.807) is 4.90 Å². The summed E-state index contributed by atoms with van der Waals surface area (Å²) in [7, 11) is 0. The molecule has 5 nitrogen and oxygen atoms in total. The molecule has 1 atom stereocenters.